The molecule has 0 saturated carbocycles. The third-order valence-corrected chi connectivity index (χ3v) is 2.74. The maximum absolute atomic E-state index is 11.6. The zero-order valence-electron chi connectivity index (χ0n) is 12.4. The summed E-state index contributed by atoms with van der Waals surface area (Å²) in [4.78, 5) is 34.2. The molecule has 0 aliphatic rings. The maximum atomic E-state index is 11.6. The molecular weight excluding hydrogens is 262 g/mol. The lowest BCUT2D eigenvalue weighted by Crippen LogP contribution is -2.52. The average molecular weight is 287 g/mol. The van der Waals surface area contributed by atoms with Crippen LogP contribution in [0.15, 0.2) is 0 Å². The number of urea groups is 1. The van der Waals surface area contributed by atoms with Crippen molar-refractivity contribution >= 4 is 17.9 Å². The summed E-state index contributed by atoms with van der Waals surface area (Å²) in [5.74, 6) is -1.36. The Bertz CT molecular complexity index is 334. The maximum Gasteiger partial charge on any atom is 0.326 e. The van der Waals surface area contributed by atoms with E-state index in [1.165, 1.54) is 0 Å². The Labute approximate surface area is 119 Å². The van der Waals surface area contributed by atoms with E-state index in [-0.39, 0.29) is 5.91 Å². The number of carboxylic acids is 1. The molecule has 0 aliphatic heterocycles. The minimum absolute atomic E-state index is 0.289. The van der Waals surface area contributed by atoms with Crippen LogP contribution in [0.25, 0.3) is 0 Å². The van der Waals surface area contributed by atoms with Gasteiger partial charge in [-0.3, -0.25) is 4.79 Å². The number of carboxylic acid groups (broad SMARTS) is 1. The summed E-state index contributed by atoms with van der Waals surface area (Å²) >= 11 is 0. The molecule has 0 rings (SSSR count). The van der Waals surface area contributed by atoms with Gasteiger partial charge in [-0.2, -0.15) is 0 Å². The summed E-state index contributed by atoms with van der Waals surface area (Å²) in [7, 11) is 0. The Morgan fingerprint density at radius 1 is 1.10 bits per heavy atom. The minimum atomic E-state index is -1.07. The van der Waals surface area contributed by atoms with Gasteiger partial charge >= 0.3 is 12.0 Å². The molecule has 0 aromatic heterocycles. The largest absolute Gasteiger partial charge is 0.480 e. The number of aliphatic carboxylic acids is 1. The van der Waals surface area contributed by atoms with Crippen LogP contribution in [-0.2, 0) is 9.59 Å². The fraction of sp³-hybridized carbons (Fsp3) is 0.769. The Kier molecular flexibility index (Phi) is 9.15. The number of unbranched alkanes of at least 4 members (excludes halogenated alkanes) is 1. The lowest BCUT2D eigenvalue weighted by atomic mass is 10.1. The van der Waals surface area contributed by atoms with Gasteiger partial charge in [-0.15, -0.1) is 0 Å². The first-order chi connectivity index (χ1) is 9.42. The Morgan fingerprint density at radius 3 is 2.25 bits per heavy atom. The van der Waals surface area contributed by atoms with E-state index in [0.29, 0.717) is 19.4 Å². The molecule has 0 bridgehead atoms. The Morgan fingerprint density at radius 2 is 1.75 bits per heavy atom. The van der Waals surface area contributed by atoms with Crippen LogP contribution >= 0.6 is 0 Å². The van der Waals surface area contributed by atoms with Gasteiger partial charge in [-0.25, -0.2) is 9.59 Å². The molecule has 2 unspecified atom stereocenters. The molecule has 3 amide bonds. The molecule has 0 radical (unpaired) electrons. The van der Waals surface area contributed by atoms with Crippen molar-refractivity contribution in [2.45, 2.75) is 58.5 Å². The van der Waals surface area contributed by atoms with Crippen molar-refractivity contribution in [1.82, 2.24) is 16.0 Å². The molecule has 7 nitrogen and oxygen atoms in total. The van der Waals surface area contributed by atoms with Gasteiger partial charge in [0, 0.05) is 6.54 Å². The molecule has 7 heteroatoms. The summed E-state index contributed by atoms with van der Waals surface area (Å²) in [6.45, 7) is 5.96. The van der Waals surface area contributed by atoms with Gasteiger partial charge < -0.3 is 21.1 Å². The van der Waals surface area contributed by atoms with Crippen LogP contribution in [0.1, 0.15) is 46.5 Å². The number of hydrogen-bond donors (Lipinski definition) is 4. The molecule has 0 spiro atoms. The summed E-state index contributed by atoms with van der Waals surface area (Å²) in [6.07, 6.45) is 2.74. The van der Waals surface area contributed by atoms with Gasteiger partial charge in [-0.05, 0) is 19.8 Å². The summed E-state index contributed by atoms with van der Waals surface area (Å²) in [5, 5.41) is 16.4. The van der Waals surface area contributed by atoms with Gasteiger partial charge in [0.2, 0.25) is 5.91 Å². The predicted molar refractivity (Wildman–Crippen MR) is 75.4 cm³/mol. The molecule has 116 valence electrons. The average Bonchev–Trinajstić information content (AvgIpc) is 2.40. The van der Waals surface area contributed by atoms with Crippen LogP contribution in [0.2, 0.25) is 0 Å². The second-order valence-corrected chi connectivity index (χ2v) is 4.66. The van der Waals surface area contributed by atoms with E-state index in [0.717, 1.165) is 12.8 Å². The van der Waals surface area contributed by atoms with E-state index < -0.39 is 24.1 Å². The molecule has 0 aliphatic carbocycles. The first kappa shape index (κ1) is 18.2. The number of rotatable bonds is 9. The van der Waals surface area contributed by atoms with Crippen molar-refractivity contribution in [1.29, 1.82) is 0 Å². The quantitative estimate of drug-likeness (QED) is 0.504. The van der Waals surface area contributed by atoms with Crippen molar-refractivity contribution in [2.24, 2.45) is 0 Å². The third-order valence-electron chi connectivity index (χ3n) is 2.74. The first-order valence-corrected chi connectivity index (χ1v) is 6.99. The number of hydrogen-bond acceptors (Lipinski definition) is 3. The topological polar surface area (TPSA) is 108 Å². The van der Waals surface area contributed by atoms with Crippen molar-refractivity contribution < 1.29 is 19.5 Å². The van der Waals surface area contributed by atoms with Crippen molar-refractivity contribution in [3.63, 3.8) is 0 Å². The SMILES string of the molecule is CCCCC(NC(=O)NC(C)C(=O)NCCC)C(=O)O. The number of carbonyl (C=O) groups excluding carboxylic acids is 2. The molecule has 0 saturated heterocycles. The highest BCUT2D eigenvalue weighted by atomic mass is 16.4. The van der Waals surface area contributed by atoms with Crippen molar-refractivity contribution in [3.05, 3.63) is 0 Å². The molecule has 2 atom stereocenters. The van der Waals surface area contributed by atoms with E-state index in [1.807, 2.05) is 13.8 Å². The van der Waals surface area contributed by atoms with E-state index in [2.05, 4.69) is 16.0 Å². The fourth-order valence-electron chi connectivity index (χ4n) is 1.53. The third kappa shape index (κ3) is 7.60. The number of nitrogens with one attached hydrogen (secondary N) is 3. The van der Waals surface area contributed by atoms with Crippen LogP contribution < -0.4 is 16.0 Å². The minimum Gasteiger partial charge on any atom is -0.480 e. The van der Waals surface area contributed by atoms with E-state index in [4.69, 9.17) is 5.11 Å². The molecule has 0 aromatic carbocycles. The van der Waals surface area contributed by atoms with Crippen LogP contribution in [0.4, 0.5) is 4.79 Å². The van der Waals surface area contributed by atoms with Gasteiger partial charge in [0.25, 0.3) is 0 Å². The lowest BCUT2D eigenvalue weighted by Gasteiger charge is -2.18. The standard InChI is InChI=1S/C13H25N3O4/c1-4-6-7-10(12(18)19)16-13(20)15-9(3)11(17)14-8-5-2/h9-10H,4-8H2,1-3H3,(H,14,17)(H,18,19)(H2,15,16,20). The first-order valence-electron chi connectivity index (χ1n) is 6.99. The van der Waals surface area contributed by atoms with Crippen molar-refractivity contribution in [3.8, 4) is 0 Å². The summed E-state index contributed by atoms with van der Waals surface area (Å²) < 4.78 is 0. The van der Waals surface area contributed by atoms with Gasteiger partial charge in [0.15, 0.2) is 0 Å². The Balaban J connectivity index is 4.23. The summed E-state index contributed by atoms with van der Waals surface area (Å²) in [5.41, 5.74) is 0. The molecule has 20 heavy (non-hydrogen) atoms. The van der Waals surface area contributed by atoms with Crippen LogP contribution in [0.5, 0.6) is 0 Å². The fourth-order valence-corrected chi connectivity index (χ4v) is 1.53. The van der Waals surface area contributed by atoms with Crippen LogP contribution in [-0.4, -0.2) is 41.6 Å². The van der Waals surface area contributed by atoms with Gasteiger partial charge in [-0.1, -0.05) is 26.7 Å². The highest BCUT2D eigenvalue weighted by Crippen LogP contribution is 2.00. The van der Waals surface area contributed by atoms with E-state index in [1.54, 1.807) is 6.92 Å². The monoisotopic (exact) mass is 287 g/mol. The highest BCUT2D eigenvalue weighted by molar-refractivity contribution is 5.88. The second kappa shape index (κ2) is 10.1. The molecule has 0 heterocycles. The smallest absolute Gasteiger partial charge is 0.326 e. The van der Waals surface area contributed by atoms with Crippen molar-refractivity contribution in [2.75, 3.05) is 6.54 Å². The zero-order valence-corrected chi connectivity index (χ0v) is 12.4. The number of carbonyl (C=O) groups is 3. The summed E-state index contributed by atoms with van der Waals surface area (Å²) in [6, 6.07) is -2.28. The molecule has 0 aromatic rings. The lowest BCUT2D eigenvalue weighted by molar-refractivity contribution is -0.139. The van der Waals surface area contributed by atoms with Crippen LogP contribution in [0, 0.1) is 0 Å². The normalized spacial score (nSPS) is 13.2. The predicted octanol–water partition coefficient (Wildman–Crippen LogP) is 0.844. The van der Waals surface area contributed by atoms with E-state index in [9.17, 15) is 14.4 Å². The Hall–Kier alpha value is -1.79. The second-order valence-electron chi connectivity index (χ2n) is 4.66. The number of amides is 3. The molecule has 4 N–H and O–H groups in total. The zero-order chi connectivity index (χ0) is 15.5. The molecular formula is C13H25N3O4. The van der Waals surface area contributed by atoms with Crippen LogP contribution in [0.3, 0.4) is 0 Å². The highest BCUT2D eigenvalue weighted by Gasteiger charge is 2.21. The van der Waals surface area contributed by atoms with Gasteiger partial charge in [0.1, 0.15) is 12.1 Å². The molecule has 0 fully saturated rings. The van der Waals surface area contributed by atoms with Gasteiger partial charge in [0.05, 0.1) is 0 Å². The van der Waals surface area contributed by atoms with E-state index >= 15 is 0 Å².